The van der Waals surface area contributed by atoms with Crippen molar-refractivity contribution in [3.8, 4) is 0 Å². The van der Waals surface area contributed by atoms with Crippen molar-refractivity contribution in [2.75, 3.05) is 0 Å². The predicted octanol–water partition coefficient (Wildman–Crippen LogP) is 3.79. The molecular formula is C12H18ClN. The number of hydrogen-bond acceptors (Lipinski definition) is 1. The van der Waals surface area contributed by atoms with Gasteiger partial charge in [0.15, 0.2) is 0 Å². The lowest BCUT2D eigenvalue weighted by atomic mass is 10.1. The lowest BCUT2D eigenvalue weighted by molar-refractivity contribution is 0.469. The van der Waals surface area contributed by atoms with Gasteiger partial charge in [-0.1, -0.05) is 36.7 Å². The molecular weight excluding hydrogens is 194 g/mol. The molecule has 1 unspecified atom stereocenters. The molecule has 0 radical (unpaired) electrons. The van der Waals surface area contributed by atoms with E-state index in [4.69, 9.17) is 11.6 Å². The molecule has 0 heterocycles. The normalized spacial score (nSPS) is 15.1. The first kappa shape index (κ1) is 11.5. The van der Waals surface area contributed by atoms with Crippen molar-refractivity contribution in [3.63, 3.8) is 0 Å². The van der Waals surface area contributed by atoms with Gasteiger partial charge in [-0.15, -0.1) is 0 Å². The molecule has 0 fully saturated rings. The van der Waals surface area contributed by atoms with Crippen LogP contribution in [0, 0.1) is 0 Å². The Labute approximate surface area is 91.5 Å². The molecule has 1 N–H and O–H groups in total. The van der Waals surface area contributed by atoms with Gasteiger partial charge in [0.1, 0.15) is 0 Å². The molecule has 1 rings (SSSR count). The molecule has 78 valence electrons. The quantitative estimate of drug-likeness (QED) is 0.799. The highest BCUT2D eigenvalue weighted by Crippen LogP contribution is 2.22. The molecule has 1 nitrogen and oxygen atoms in total. The second-order valence-electron chi connectivity index (χ2n) is 3.72. The maximum atomic E-state index is 6.11. The van der Waals surface area contributed by atoms with Crippen LogP contribution >= 0.6 is 11.6 Å². The second-order valence-corrected chi connectivity index (χ2v) is 4.13. The zero-order chi connectivity index (χ0) is 10.6. The Bertz CT molecular complexity index is 285. The minimum Gasteiger partial charge on any atom is -0.308 e. The third-order valence-electron chi connectivity index (χ3n) is 2.52. The fraction of sp³-hybridized carbons (Fsp3) is 0.500. The summed E-state index contributed by atoms with van der Waals surface area (Å²) in [7, 11) is 0. The van der Waals surface area contributed by atoms with E-state index >= 15 is 0 Å². The van der Waals surface area contributed by atoms with E-state index in [-0.39, 0.29) is 0 Å². The molecule has 0 bridgehead atoms. The summed E-state index contributed by atoms with van der Waals surface area (Å²) in [6, 6.07) is 8.84. The average molecular weight is 212 g/mol. The number of halogens is 1. The van der Waals surface area contributed by atoms with Crippen molar-refractivity contribution in [1.29, 1.82) is 0 Å². The summed E-state index contributed by atoms with van der Waals surface area (Å²) in [5.74, 6) is 0. The van der Waals surface area contributed by atoms with E-state index < -0.39 is 0 Å². The van der Waals surface area contributed by atoms with Crippen molar-refractivity contribution < 1.29 is 0 Å². The van der Waals surface area contributed by atoms with Gasteiger partial charge in [0.25, 0.3) is 0 Å². The highest BCUT2D eigenvalue weighted by molar-refractivity contribution is 6.31. The van der Waals surface area contributed by atoms with Crippen LogP contribution < -0.4 is 5.32 Å². The van der Waals surface area contributed by atoms with Crippen LogP contribution in [0.5, 0.6) is 0 Å². The summed E-state index contributed by atoms with van der Waals surface area (Å²) in [6.07, 6.45) is 1.13. The average Bonchev–Trinajstić information content (AvgIpc) is 2.18. The van der Waals surface area contributed by atoms with E-state index in [1.807, 2.05) is 18.2 Å². The first-order chi connectivity index (χ1) is 6.65. The molecule has 2 atom stereocenters. The Kier molecular flexibility index (Phi) is 4.43. The maximum absolute atomic E-state index is 6.11. The topological polar surface area (TPSA) is 12.0 Å². The highest BCUT2D eigenvalue weighted by Gasteiger charge is 2.10. The van der Waals surface area contributed by atoms with Gasteiger partial charge in [-0.2, -0.15) is 0 Å². The molecule has 14 heavy (non-hydrogen) atoms. The Hall–Kier alpha value is -0.530. The standard InChI is InChI=1S/C12H18ClN/c1-4-9(2)14-10(3)11-7-5-6-8-12(11)13/h5-10,14H,4H2,1-3H3/t9?,10-/m0/s1. The Morgan fingerprint density at radius 1 is 1.29 bits per heavy atom. The molecule has 0 aliphatic rings. The number of nitrogens with one attached hydrogen (secondary N) is 1. The van der Waals surface area contributed by atoms with Crippen LogP contribution in [0.25, 0.3) is 0 Å². The van der Waals surface area contributed by atoms with Crippen LogP contribution in [0.4, 0.5) is 0 Å². The third kappa shape index (κ3) is 3.00. The number of rotatable bonds is 4. The van der Waals surface area contributed by atoms with Crippen molar-refractivity contribution in [2.24, 2.45) is 0 Å². The Balaban J connectivity index is 2.69. The molecule has 0 aromatic heterocycles. The lowest BCUT2D eigenvalue weighted by Gasteiger charge is -2.19. The largest absolute Gasteiger partial charge is 0.308 e. The summed E-state index contributed by atoms with van der Waals surface area (Å²) in [5, 5.41) is 4.35. The summed E-state index contributed by atoms with van der Waals surface area (Å²) < 4.78 is 0. The van der Waals surface area contributed by atoms with E-state index in [2.05, 4.69) is 32.2 Å². The summed E-state index contributed by atoms with van der Waals surface area (Å²) in [6.45, 7) is 6.51. The molecule has 0 saturated heterocycles. The van der Waals surface area contributed by atoms with Gasteiger partial charge in [0, 0.05) is 17.1 Å². The van der Waals surface area contributed by atoms with Gasteiger partial charge in [0.05, 0.1) is 0 Å². The first-order valence-electron chi connectivity index (χ1n) is 5.15. The second kappa shape index (κ2) is 5.38. The van der Waals surface area contributed by atoms with E-state index in [1.54, 1.807) is 0 Å². The molecule has 0 spiro atoms. The van der Waals surface area contributed by atoms with Gasteiger partial charge >= 0.3 is 0 Å². The Morgan fingerprint density at radius 2 is 1.93 bits per heavy atom. The minimum atomic E-state index is 0.318. The van der Waals surface area contributed by atoms with Gasteiger partial charge in [-0.3, -0.25) is 0 Å². The van der Waals surface area contributed by atoms with Gasteiger partial charge in [-0.05, 0) is 31.9 Å². The van der Waals surface area contributed by atoms with E-state index in [0.29, 0.717) is 12.1 Å². The monoisotopic (exact) mass is 211 g/mol. The van der Waals surface area contributed by atoms with E-state index in [1.165, 1.54) is 5.56 Å². The van der Waals surface area contributed by atoms with Gasteiger partial charge in [-0.25, -0.2) is 0 Å². The molecule has 1 aromatic carbocycles. The van der Waals surface area contributed by atoms with E-state index in [9.17, 15) is 0 Å². The van der Waals surface area contributed by atoms with Crippen LogP contribution in [0.2, 0.25) is 5.02 Å². The van der Waals surface area contributed by atoms with Crippen LogP contribution in [-0.4, -0.2) is 6.04 Å². The van der Waals surface area contributed by atoms with Crippen LogP contribution in [0.3, 0.4) is 0 Å². The van der Waals surface area contributed by atoms with Crippen LogP contribution in [0.15, 0.2) is 24.3 Å². The third-order valence-corrected chi connectivity index (χ3v) is 2.86. The minimum absolute atomic E-state index is 0.318. The van der Waals surface area contributed by atoms with Crippen molar-refractivity contribution >= 4 is 11.6 Å². The highest BCUT2D eigenvalue weighted by atomic mass is 35.5. The number of benzene rings is 1. The van der Waals surface area contributed by atoms with Crippen molar-refractivity contribution in [2.45, 2.75) is 39.3 Å². The summed E-state index contributed by atoms with van der Waals surface area (Å²) in [5.41, 5.74) is 1.18. The number of hydrogen-bond donors (Lipinski definition) is 1. The lowest BCUT2D eigenvalue weighted by Crippen LogP contribution is -2.28. The van der Waals surface area contributed by atoms with Crippen LogP contribution in [0.1, 0.15) is 38.8 Å². The molecule has 0 aliphatic carbocycles. The van der Waals surface area contributed by atoms with E-state index in [0.717, 1.165) is 11.4 Å². The predicted molar refractivity (Wildman–Crippen MR) is 62.8 cm³/mol. The smallest absolute Gasteiger partial charge is 0.0453 e. The first-order valence-corrected chi connectivity index (χ1v) is 5.53. The molecule has 2 heteroatoms. The summed E-state index contributed by atoms with van der Waals surface area (Å²) >= 11 is 6.11. The van der Waals surface area contributed by atoms with Gasteiger partial charge < -0.3 is 5.32 Å². The van der Waals surface area contributed by atoms with Gasteiger partial charge in [0.2, 0.25) is 0 Å². The van der Waals surface area contributed by atoms with Crippen LogP contribution in [-0.2, 0) is 0 Å². The SMILES string of the molecule is CCC(C)N[C@@H](C)c1ccccc1Cl. The fourth-order valence-electron chi connectivity index (χ4n) is 1.46. The molecule has 0 aliphatic heterocycles. The maximum Gasteiger partial charge on any atom is 0.0453 e. The summed E-state index contributed by atoms with van der Waals surface area (Å²) in [4.78, 5) is 0. The Morgan fingerprint density at radius 3 is 2.50 bits per heavy atom. The fourth-order valence-corrected chi connectivity index (χ4v) is 1.76. The molecule has 0 amide bonds. The molecule has 1 aromatic rings. The van der Waals surface area contributed by atoms with Crippen molar-refractivity contribution in [1.82, 2.24) is 5.32 Å². The van der Waals surface area contributed by atoms with Crippen molar-refractivity contribution in [3.05, 3.63) is 34.9 Å². The zero-order valence-corrected chi connectivity index (χ0v) is 9.81. The zero-order valence-electron chi connectivity index (χ0n) is 9.05. The molecule has 0 saturated carbocycles.